The smallest absolute Gasteiger partial charge is 0.241 e. The molecule has 0 saturated carbocycles. The Morgan fingerprint density at radius 3 is 2.61 bits per heavy atom. The first-order valence-electron chi connectivity index (χ1n) is 8.04. The van der Waals surface area contributed by atoms with Gasteiger partial charge in [0.1, 0.15) is 0 Å². The molecule has 0 aliphatic heterocycles. The number of fused-ring (bicyclic) bond motifs is 1. The molecule has 1 aromatic carbocycles. The summed E-state index contributed by atoms with van der Waals surface area (Å²) in [6, 6.07) is 7.69. The van der Waals surface area contributed by atoms with Gasteiger partial charge in [0.15, 0.2) is 5.25 Å². The Hall–Kier alpha value is -1.40. The number of carbonyl (C=O) groups excluding carboxylic acids is 1. The average Bonchev–Trinajstić information content (AvgIpc) is 2.65. The molecular weight excluding hydrogens is 312 g/mol. The van der Waals surface area contributed by atoms with Crippen LogP contribution in [0.3, 0.4) is 0 Å². The second-order valence-electron chi connectivity index (χ2n) is 6.58. The standard InChI is InChI=1S/C17H26N2O3S/c1-12-8-7-10-14-9-5-6-11-15(14)16(12)18-23(21,22)13(2)17(20)19(3)4/h5-6,9,11-13,16,18H,7-8,10H2,1-4H3/t12-,13+,16+/m1/s1. The van der Waals surface area contributed by atoms with Gasteiger partial charge in [-0.25, -0.2) is 13.1 Å². The first kappa shape index (κ1) is 17.9. The molecule has 0 heterocycles. The number of nitrogens with one attached hydrogen (secondary N) is 1. The van der Waals surface area contributed by atoms with E-state index in [0.717, 1.165) is 24.8 Å². The van der Waals surface area contributed by atoms with Gasteiger partial charge in [0.2, 0.25) is 15.9 Å². The molecule has 0 radical (unpaired) electrons. The number of carbonyl (C=O) groups is 1. The van der Waals surface area contributed by atoms with E-state index in [4.69, 9.17) is 0 Å². The molecule has 0 saturated heterocycles. The lowest BCUT2D eigenvalue weighted by Crippen LogP contribution is -2.45. The predicted molar refractivity (Wildman–Crippen MR) is 91.5 cm³/mol. The van der Waals surface area contributed by atoms with E-state index in [1.807, 2.05) is 18.2 Å². The number of hydrogen-bond acceptors (Lipinski definition) is 3. The summed E-state index contributed by atoms with van der Waals surface area (Å²) in [5.74, 6) is -0.220. The largest absolute Gasteiger partial charge is 0.348 e. The van der Waals surface area contributed by atoms with E-state index < -0.39 is 21.2 Å². The zero-order valence-electron chi connectivity index (χ0n) is 14.2. The minimum Gasteiger partial charge on any atom is -0.348 e. The van der Waals surface area contributed by atoms with Crippen molar-refractivity contribution < 1.29 is 13.2 Å². The van der Waals surface area contributed by atoms with Crippen molar-refractivity contribution in [2.75, 3.05) is 14.1 Å². The van der Waals surface area contributed by atoms with Gasteiger partial charge in [0.25, 0.3) is 0 Å². The third-order valence-corrected chi connectivity index (χ3v) is 6.33. The topological polar surface area (TPSA) is 66.5 Å². The maximum atomic E-state index is 12.7. The van der Waals surface area contributed by atoms with Crippen LogP contribution in [0.15, 0.2) is 24.3 Å². The maximum absolute atomic E-state index is 12.7. The molecule has 23 heavy (non-hydrogen) atoms. The molecule has 1 aromatic rings. The Labute approximate surface area is 139 Å². The van der Waals surface area contributed by atoms with Crippen LogP contribution in [0.1, 0.15) is 43.9 Å². The molecule has 0 unspecified atom stereocenters. The lowest BCUT2D eigenvalue weighted by Gasteiger charge is -2.27. The molecule has 0 fully saturated rings. The number of sulfonamides is 1. The third kappa shape index (κ3) is 3.93. The van der Waals surface area contributed by atoms with Crippen LogP contribution in [0.25, 0.3) is 0 Å². The minimum absolute atomic E-state index is 0.190. The van der Waals surface area contributed by atoms with E-state index in [0.29, 0.717) is 0 Å². The number of benzene rings is 1. The molecule has 1 aliphatic rings. The van der Waals surface area contributed by atoms with Crippen molar-refractivity contribution in [2.24, 2.45) is 5.92 Å². The van der Waals surface area contributed by atoms with Gasteiger partial charge >= 0.3 is 0 Å². The number of rotatable bonds is 4. The van der Waals surface area contributed by atoms with E-state index in [-0.39, 0.29) is 12.0 Å². The lowest BCUT2D eigenvalue weighted by molar-refractivity contribution is -0.127. The molecule has 1 amide bonds. The minimum atomic E-state index is -3.74. The summed E-state index contributed by atoms with van der Waals surface area (Å²) < 4.78 is 28.1. The Kier molecular flexibility index (Phi) is 5.47. The summed E-state index contributed by atoms with van der Waals surface area (Å²) in [5.41, 5.74) is 2.22. The highest BCUT2D eigenvalue weighted by Crippen LogP contribution is 2.33. The number of amides is 1. The predicted octanol–water partition coefficient (Wildman–Crippen LogP) is 2.10. The van der Waals surface area contributed by atoms with Gasteiger partial charge in [0, 0.05) is 20.1 Å². The normalized spacial score (nSPS) is 22.8. The van der Waals surface area contributed by atoms with Gasteiger partial charge in [-0.2, -0.15) is 0 Å². The first-order valence-corrected chi connectivity index (χ1v) is 9.58. The van der Waals surface area contributed by atoms with E-state index >= 15 is 0 Å². The summed E-state index contributed by atoms with van der Waals surface area (Å²) in [5, 5.41) is -1.10. The highest BCUT2D eigenvalue weighted by Gasteiger charge is 2.34. The fraction of sp³-hybridized carbons (Fsp3) is 0.588. The zero-order valence-corrected chi connectivity index (χ0v) is 15.1. The van der Waals surface area contributed by atoms with Crippen LogP contribution in [0.2, 0.25) is 0 Å². The van der Waals surface area contributed by atoms with Gasteiger partial charge in [0.05, 0.1) is 0 Å². The van der Waals surface area contributed by atoms with E-state index in [9.17, 15) is 13.2 Å². The fourth-order valence-corrected chi connectivity index (χ4v) is 4.50. The second-order valence-corrected chi connectivity index (χ2v) is 8.62. The quantitative estimate of drug-likeness (QED) is 0.855. The Morgan fingerprint density at radius 2 is 1.96 bits per heavy atom. The number of hydrogen-bond donors (Lipinski definition) is 1. The van der Waals surface area contributed by atoms with Gasteiger partial charge in [-0.15, -0.1) is 0 Å². The van der Waals surface area contributed by atoms with Crippen LogP contribution < -0.4 is 4.72 Å². The molecule has 2 rings (SSSR count). The van der Waals surface area contributed by atoms with Crippen molar-refractivity contribution in [3.8, 4) is 0 Å². The summed E-state index contributed by atoms with van der Waals surface area (Å²) in [6.07, 6.45) is 2.96. The summed E-state index contributed by atoms with van der Waals surface area (Å²) >= 11 is 0. The van der Waals surface area contributed by atoms with Crippen molar-refractivity contribution >= 4 is 15.9 Å². The molecule has 1 aliphatic carbocycles. The van der Waals surface area contributed by atoms with Gasteiger partial charge in [-0.3, -0.25) is 4.79 Å². The Bertz CT molecular complexity index is 670. The number of nitrogens with zero attached hydrogens (tertiary/aromatic N) is 1. The van der Waals surface area contributed by atoms with Crippen molar-refractivity contribution in [1.29, 1.82) is 0 Å². The molecule has 6 heteroatoms. The van der Waals surface area contributed by atoms with Crippen LogP contribution in [-0.2, 0) is 21.2 Å². The van der Waals surface area contributed by atoms with Crippen molar-refractivity contribution in [3.63, 3.8) is 0 Å². The monoisotopic (exact) mass is 338 g/mol. The SMILES string of the molecule is C[C@@H]1CCCc2ccccc2[C@H]1NS(=O)(=O)[C@@H](C)C(=O)N(C)C. The van der Waals surface area contributed by atoms with Crippen molar-refractivity contribution in [1.82, 2.24) is 9.62 Å². The summed E-state index contributed by atoms with van der Waals surface area (Å²) in [4.78, 5) is 13.3. The molecule has 1 N–H and O–H groups in total. The fourth-order valence-electron chi connectivity index (χ4n) is 3.11. The third-order valence-electron chi connectivity index (χ3n) is 4.61. The molecule has 128 valence electrons. The Balaban J connectivity index is 2.32. The molecule has 0 spiro atoms. The molecule has 0 aromatic heterocycles. The van der Waals surface area contributed by atoms with Crippen molar-refractivity contribution in [2.45, 2.75) is 44.4 Å². The zero-order chi connectivity index (χ0) is 17.2. The molecular formula is C17H26N2O3S. The van der Waals surface area contributed by atoms with Crippen LogP contribution >= 0.6 is 0 Å². The maximum Gasteiger partial charge on any atom is 0.241 e. The van der Waals surface area contributed by atoms with Gasteiger partial charge < -0.3 is 4.90 Å². The molecule has 5 nitrogen and oxygen atoms in total. The van der Waals surface area contributed by atoms with Crippen LogP contribution in [0.5, 0.6) is 0 Å². The Morgan fingerprint density at radius 1 is 1.30 bits per heavy atom. The highest BCUT2D eigenvalue weighted by atomic mass is 32.2. The lowest BCUT2D eigenvalue weighted by atomic mass is 9.93. The summed E-state index contributed by atoms with van der Waals surface area (Å²) in [6.45, 7) is 3.51. The average molecular weight is 338 g/mol. The van der Waals surface area contributed by atoms with Crippen molar-refractivity contribution in [3.05, 3.63) is 35.4 Å². The van der Waals surface area contributed by atoms with Crippen LogP contribution in [0.4, 0.5) is 0 Å². The second kappa shape index (κ2) is 7.01. The first-order chi connectivity index (χ1) is 10.7. The summed E-state index contributed by atoms with van der Waals surface area (Å²) in [7, 11) is -0.602. The highest BCUT2D eigenvalue weighted by molar-refractivity contribution is 7.90. The van der Waals surface area contributed by atoms with E-state index in [1.54, 1.807) is 14.1 Å². The van der Waals surface area contributed by atoms with E-state index in [2.05, 4.69) is 17.7 Å². The van der Waals surface area contributed by atoms with Crippen LogP contribution in [-0.4, -0.2) is 38.6 Å². The van der Waals surface area contributed by atoms with Gasteiger partial charge in [-0.1, -0.05) is 31.2 Å². The molecule has 0 bridgehead atoms. The van der Waals surface area contributed by atoms with Crippen LogP contribution in [0, 0.1) is 5.92 Å². The molecule has 3 atom stereocenters. The van der Waals surface area contributed by atoms with Gasteiger partial charge in [-0.05, 0) is 43.2 Å². The van der Waals surface area contributed by atoms with E-state index in [1.165, 1.54) is 17.4 Å². The number of aryl methyl sites for hydroxylation is 1.